The second-order valence-electron chi connectivity index (χ2n) is 8.36. The molecule has 36 heavy (non-hydrogen) atoms. The Morgan fingerprint density at radius 3 is 2.67 bits per heavy atom. The van der Waals surface area contributed by atoms with Crippen LogP contribution in [0.5, 0.6) is 11.5 Å². The van der Waals surface area contributed by atoms with Crippen molar-refractivity contribution in [3.63, 3.8) is 0 Å². The number of nitrogen functional groups attached to an aromatic ring is 1. The Labute approximate surface area is 208 Å². The molecule has 2 aromatic heterocycles. The third kappa shape index (κ3) is 5.08. The van der Waals surface area contributed by atoms with Gasteiger partial charge in [-0.05, 0) is 25.5 Å². The molecular weight excluding hydrogens is 488 g/mol. The zero-order valence-corrected chi connectivity index (χ0v) is 20.6. The molecular formula is C23H28N6O6S. The van der Waals surface area contributed by atoms with Crippen molar-refractivity contribution in [1.29, 1.82) is 0 Å². The normalized spacial score (nSPS) is 21.8. The molecule has 192 valence electrons. The summed E-state index contributed by atoms with van der Waals surface area (Å²) in [6.07, 6.45) is 0.874. The predicted octanol–water partition coefficient (Wildman–Crippen LogP) is -0.103. The van der Waals surface area contributed by atoms with E-state index in [-0.39, 0.29) is 18.8 Å². The number of nitrogens with zero attached hydrogens (tertiary/aromatic N) is 3. The molecule has 7 N–H and O–H groups in total. The van der Waals surface area contributed by atoms with E-state index in [0.29, 0.717) is 40.3 Å². The maximum Gasteiger partial charge on any atom is 0.274 e. The van der Waals surface area contributed by atoms with Crippen LogP contribution in [0.25, 0.3) is 11.0 Å². The van der Waals surface area contributed by atoms with Crippen molar-refractivity contribution < 1.29 is 28.1 Å². The lowest BCUT2D eigenvalue weighted by Gasteiger charge is -2.18. The lowest BCUT2D eigenvalue weighted by molar-refractivity contribution is 0.00769. The van der Waals surface area contributed by atoms with Crippen molar-refractivity contribution in [2.45, 2.75) is 31.6 Å². The molecule has 12 nitrogen and oxygen atoms in total. The number of methoxy groups -OCH3 is 1. The van der Waals surface area contributed by atoms with Crippen LogP contribution in [0.4, 0.5) is 5.82 Å². The summed E-state index contributed by atoms with van der Waals surface area (Å²) in [5.41, 5.74) is 7.66. The summed E-state index contributed by atoms with van der Waals surface area (Å²) >= 11 is 0. The molecule has 0 amide bonds. The van der Waals surface area contributed by atoms with Crippen molar-refractivity contribution in [2.24, 2.45) is 11.1 Å². The molecule has 0 spiro atoms. The minimum atomic E-state index is -3.94. The second kappa shape index (κ2) is 10.3. The third-order valence-corrected chi connectivity index (χ3v) is 6.71. The highest BCUT2D eigenvalue weighted by atomic mass is 32.2. The van der Waals surface area contributed by atoms with Crippen LogP contribution in [0.1, 0.15) is 30.5 Å². The number of nitrogens with one attached hydrogen (secondary N) is 1. The molecule has 4 atom stereocenters. The lowest BCUT2D eigenvalue weighted by Crippen LogP contribution is -2.38. The van der Waals surface area contributed by atoms with Gasteiger partial charge in [0.2, 0.25) is 0 Å². The van der Waals surface area contributed by atoms with E-state index in [1.165, 1.54) is 6.33 Å². The van der Waals surface area contributed by atoms with Crippen LogP contribution in [0.2, 0.25) is 0 Å². The number of ether oxygens (including phenoxy) is 2. The van der Waals surface area contributed by atoms with E-state index in [1.807, 2.05) is 6.92 Å². The SMILES string of the molecule is CCOc1cccc(OC)c1C#Cc1cn([C@@H]2C[C@H](CNS(N)(=O)=O)[C@@H](O)[C@H]2O)c2ncnc(N)c12. The first-order valence-electron chi connectivity index (χ1n) is 11.2. The average molecular weight is 517 g/mol. The van der Waals surface area contributed by atoms with Gasteiger partial charge in [-0.1, -0.05) is 17.9 Å². The standard InChI is InChI=1S/C23H28N6O6S/c1-3-35-18-6-4-5-17(34-2)15(18)8-7-13-11-29(23-19(13)22(24)26-12-27-23)16-9-14(20(30)21(16)31)10-28-36(25,32)33/h4-6,11-12,14,16,20-21,28,30-31H,3,9-10H2,1-2H3,(H2,24,26,27)(H2,25,32,33)/t14-,16-,20-,21+/m1/s1. The summed E-state index contributed by atoms with van der Waals surface area (Å²) in [5, 5.41) is 26.9. The molecule has 0 bridgehead atoms. The Morgan fingerprint density at radius 1 is 1.22 bits per heavy atom. The van der Waals surface area contributed by atoms with E-state index in [9.17, 15) is 18.6 Å². The van der Waals surface area contributed by atoms with E-state index < -0.39 is 34.4 Å². The highest BCUT2D eigenvalue weighted by Gasteiger charge is 2.43. The first-order chi connectivity index (χ1) is 17.1. The summed E-state index contributed by atoms with van der Waals surface area (Å²) in [4.78, 5) is 8.43. The number of aliphatic hydroxyl groups is 2. The molecule has 13 heteroatoms. The van der Waals surface area contributed by atoms with Crippen molar-refractivity contribution in [1.82, 2.24) is 19.3 Å². The van der Waals surface area contributed by atoms with Crippen LogP contribution >= 0.6 is 0 Å². The van der Waals surface area contributed by atoms with Gasteiger partial charge < -0.3 is 30.0 Å². The maximum absolute atomic E-state index is 11.3. The van der Waals surface area contributed by atoms with Crippen LogP contribution in [-0.4, -0.2) is 65.6 Å². The molecule has 1 aliphatic carbocycles. The van der Waals surface area contributed by atoms with Gasteiger partial charge in [-0.3, -0.25) is 0 Å². The van der Waals surface area contributed by atoms with E-state index >= 15 is 0 Å². The Morgan fingerprint density at radius 2 is 1.97 bits per heavy atom. The van der Waals surface area contributed by atoms with Crippen molar-refractivity contribution in [3.8, 4) is 23.3 Å². The molecule has 2 heterocycles. The molecule has 0 radical (unpaired) electrons. The van der Waals surface area contributed by atoms with E-state index in [0.717, 1.165) is 0 Å². The van der Waals surface area contributed by atoms with Gasteiger partial charge in [0.15, 0.2) is 0 Å². The molecule has 0 aliphatic heterocycles. The van der Waals surface area contributed by atoms with E-state index in [1.54, 1.807) is 36.1 Å². The number of fused-ring (bicyclic) bond motifs is 1. The number of hydrogen-bond donors (Lipinski definition) is 5. The second-order valence-corrected chi connectivity index (χ2v) is 9.74. The number of aromatic nitrogens is 3. The lowest BCUT2D eigenvalue weighted by atomic mass is 10.1. The zero-order valence-electron chi connectivity index (χ0n) is 19.7. The van der Waals surface area contributed by atoms with Crippen LogP contribution in [-0.2, 0) is 10.2 Å². The monoisotopic (exact) mass is 516 g/mol. The largest absolute Gasteiger partial charge is 0.495 e. The van der Waals surface area contributed by atoms with E-state index in [2.05, 4.69) is 26.5 Å². The highest BCUT2D eigenvalue weighted by molar-refractivity contribution is 7.87. The van der Waals surface area contributed by atoms with Gasteiger partial charge in [-0.2, -0.15) is 8.42 Å². The molecule has 0 unspecified atom stereocenters. The number of anilines is 1. The highest BCUT2D eigenvalue weighted by Crippen LogP contribution is 2.38. The summed E-state index contributed by atoms with van der Waals surface area (Å²) in [6, 6.07) is 4.76. The van der Waals surface area contributed by atoms with Crippen molar-refractivity contribution >= 4 is 27.1 Å². The summed E-state index contributed by atoms with van der Waals surface area (Å²) in [6.45, 7) is 2.20. The number of hydrogen-bond acceptors (Lipinski definition) is 9. The topological polar surface area (TPSA) is 188 Å². The Bertz CT molecular complexity index is 1430. The van der Waals surface area contributed by atoms with E-state index in [4.69, 9.17) is 20.3 Å². The average Bonchev–Trinajstić information content (AvgIpc) is 3.34. The summed E-state index contributed by atoms with van der Waals surface area (Å²) in [7, 11) is -2.40. The van der Waals surface area contributed by atoms with Gasteiger partial charge in [0.05, 0.1) is 36.8 Å². The van der Waals surface area contributed by atoms with Gasteiger partial charge in [-0.15, -0.1) is 0 Å². The van der Waals surface area contributed by atoms with Gasteiger partial charge in [0.1, 0.15) is 41.0 Å². The Kier molecular flexibility index (Phi) is 7.34. The van der Waals surface area contributed by atoms with Crippen molar-refractivity contribution in [2.75, 3.05) is 26.0 Å². The van der Waals surface area contributed by atoms with Gasteiger partial charge in [-0.25, -0.2) is 19.8 Å². The molecule has 1 fully saturated rings. The van der Waals surface area contributed by atoms with Crippen LogP contribution in [0.15, 0.2) is 30.7 Å². The fourth-order valence-electron chi connectivity index (χ4n) is 4.47. The molecule has 0 saturated heterocycles. The quantitative estimate of drug-likeness (QED) is 0.267. The predicted molar refractivity (Wildman–Crippen MR) is 132 cm³/mol. The molecule has 3 aromatic rings. The Hall–Kier alpha value is -3.41. The minimum Gasteiger partial charge on any atom is -0.495 e. The van der Waals surface area contributed by atoms with Crippen LogP contribution in [0, 0.1) is 17.8 Å². The fraction of sp³-hybridized carbons (Fsp3) is 0.391. The molecule has 4 rings (SSSR count). The number of aliphatic hydroxyl groups excluding tert-OH is 2. The smallest absolute Gasteiger partial charge is 0.274 e. The molecule has 1 aliphatic rings. The van der Waals surface area contributed by atoms with Gasteiger partial charge in [0, 0.05) is 18.7 Å². The van der Waals surface area contributed by atoms with Crippen LogP contribution < -0.4 is 25.1 Å². The molecule has 1 saturated carbocycles. The first-order valence-corrected chi connectivity index (χ1v) is 12.8. The maximum atomic E-state index is 11.3. The Balaban J connectivity index is 1.76. The number of nitrogens with two attached hydrogens (primary N) is 2. The van der Waals surface area contributed by atoms with Gasteiger partial charge in [0.25, 0.3) is 10.2 Å². The third-order valence-electron chi connectivity index (χ3n) is 6.14. The summed E-state index contributed by atoms with van der Waals surface area (Å²) < 4.78 is 37.6. The molecule has 1 aromatic carbocycles. The number of benzene rings is 1. The first kappa shape index (κ1) is 25.7. The van der Waals surface area contributed by atoms with Crippen LogP contribution in [0.3, 0.4) is 0 Å². The van der Waals surface area contributed by atoms with Crippen molar-refractivity contribution in [3.05, 3.63) is 41.9 Å². The number of rotatable bonds is 7. The zero-order chi connectivity index (χ0) is 26.0. The van der Waals surface area contributed by atoms with Gasteiger partial charge >= 0.3 is 0 Å². The minimum absolute atomic E-state index is 0.120. The fourth-order valence-corrected chi connectivity index (χ4v) is 4.91. The summed E-state index contributed by atoms with van der Waals surface area (Å²) in [5.74, 6) is 6.94.